The zero-order chi connectivity index (χ0) is 9.68. The van der Waals surface area contributed by atoms with Gasteiger partial charge < -0.3 is 5.43 Å². The Morgan fingerprint density at radius 2 is 2.00 bits per heavy atom. The Morgan fingerprint density at radius 3 is 2.43 bits per heavy atom. The highest BCUT2D eigenvalue weighted by atomic mass is 79.9. The van der Waals surface area contributed by atoms with Gasteiger partial charge in [0.15, 0.2) is 0 Å². The van der Waals surface area contributed by atoms with E-state index in [1.54, 1.807) is 0 Å². The molecule has 0 saturated heterocycles. The van der Waals surface area contributed by atoms with E-state index >= 15 is 0 Å². The number of hydrogen-bond donors (Lipinski definition) is 2. The molecule has 0 fully saturated rings. The van der Waals surface area contributed by atoms with Crippen LogP contribution in [0.4, 0.5) is 0 Å². The second-order valence-electron chi connectivity index (χ2n) is 2.47. The zero-order valence-electron chi connectivity index (χ0n) is 7.83. The van der Waals surface area contributed by atoms with Crippen LogP contribution < -0.4 is 11.3 Å². The molecular formula is C9H13BrClN3. The van der Waals surface area contributed by atoms with Crippen molar-refractivity contribution >= 4 is 34.2 Å². The Bertz CT molecular complexity index is 297. The topological polar surface area (TPSA) is 50.4 Å². The van der Waals surface area contributed by atoms with Gasteiger partial charge in [0.2, 0.25) is 0 Å². The summed E-state index contributed by atoms with van der Waals surface area (Å²) >= 11 is 3.36. The number of nitrogens with two attached hydrogens (primary N) is 1. The van der Waals surface area contributed by atoms with Gasteiger partial charge in [0.25, 0.3) is 0 Å². The summed E-state index contributed by atoms with van der Waals surface area (Å²) in [4.78, 5) is 4.21. The van der Waals surface area contributed by atoms with E-state index in [1.807, 2.05) is 31.2 Å². The van der Waals surface area contributed by atoms with E-state index in [-0.39, 0.29) is 12.4 Å². The highest BCUT2D eigenvalue weighted by Gasteiger charge is 1.99. The molecule has 0 amide bonds. The lowest BCUT2D eigenvalue weighted by atomic mass is 10.2. The molecule has 5 heteroatoms. The number of halogens is 2. The van der Waals surface area contributed by atoms with Crippen molar-refractivity contribution < 1.29 is 0 Å². The standard InChI is InChI=1S/C9H12BrN3.ClH/c1-2-12-9(13-11)7-3-5-8(10)6-4-7;/h3-6H,2,11H2,1H3,(H,12,13);1H. The highest BCUT2D eigenvalue weighted by Crippen LogP contribution is 2.10. The number of hydrogen-bond acceptors (Lipinski definition) is 2. The first-order chi connectivity index (χ1) is 6.27. The van der Waals surface area contributed by atoms with Gasteiger partial charge in [0.05, 0.1) is 0 Å². The maximum absolute atomic E-state index is 5.34. The van der Waals surface area contributed by atoms with Gasteiger partial charge in [-0.2, -0.15) is 0 Å². The maximum atomic E-state index is 5.34. The molecule has 1 rings (SSSR count). The second-order valence-corrected chi connectivity index (χ2v) is 3.39. The first kappa shape index (κ1) is 13.4. The molecule has 0 bridgehead atoms. The molecule has 0 aliphatic carbocycles. The van der Waals surface area contributed by atoms with Crippen LogP contribution >= 0.6 is 28.3 Å². The maximum Gasteiger partial charge on any atom is 0.142 e. The molecule has 0 aliphatic rings. The van der Waals surface area contributed by atoms with Crippen LogP contribution in [-0.2, 0) is 0 Å². The van der Waals surface area contributed by atoms with Crippen molar-refractivity contribution in [3.05, 3.63) is 34.3 Å². The van der Waals surface area contributed by atoms with E-state index in [2.05, 4.69) is 26.3 Å². The number of nitrogens with zero attached hydrogens (tertiary/aromatic N) is 1. The summed E-state index contributed by atoms with van der Waals surface area (Å²) in [5, 5.41) is 0. The first-order valence-corrected chi connectivity index (χ1v) is 4.84. The number of rotatable bonds is 2. The van der Waals surface area contributed by atoms with Gasteiger partial charge in [0.1, 0.15) is 5.84 Å². The molecule has 0 unspecified atom stereocenters. The molecule has 3 N–H and O–H groups in total. The Labute approximate surface area is 98.3 Å². The van der Waals surface area contributed by atoms with Crippen LogP contribution in [-0.4, -0.2) is 12.4 Å². The minimum absolute atomic E-state index is 0. The normalized spacial score (nSPS) is 10.6. The van der Waals surface area contributed by atoms with E-state index < -0.39 is 0 Å². The fraction of sp³-hybridized carbons (Fsp3) is 0.222. The summed E-state index contributed by atoms with van der Waals surface area (Å²) in [5.74, 6) is 6.05. The van der Waals surface area contributed by atoms with Crippen LogP contribution in [0.5, 0.6) is 0 Å². The van der Waals surface area contributed by atoms with Crippen LogP contribution in [0.15, 0.2) is 33.7 Å². The van der Waals surface area contributed by atoms with Gasteiger partial charge in [-0.05, 0) is 19.1 Å². The lowest BCUT2D eigenvalue weighted by Crippen LogP contribution is -2.31. The van der Waals surface area contributed by atoms with E-state index in [0.717, 1.165) is 22.4 Å². The minimum Gasteiger partial charge on any atom is -0.308 e. The largest absolute Gasteiger partial charge is 0.308 e. The third kappa shape index (κ3) is 3.65. The minimum atomic E-state index is 0. The van der Waals surface area contributed by atoms with Gasteiger partial charge >= 0.3 is 0 Å². The molecule has 1 aromatic rings. The second kappa shape index (κ2) is 6.81. The average molecular weight is 279 g/mol. The van der Waals surface area contributed by atoms with E-state index in [1.165, 1.54) is 0 Å². The fourth-order valence-electron chi connectivity index (χ4n) is 0.986. The lowest BCUT2D eigenvalue weighted by Gasteiger charge is -2.04. The Hall–Kier alpha value is -0.580. The van der Waals surface area contributed by atoms with Gasteiger partial charge in [-0.3, -0.25) is 4.99 Å². The van der Waals surface area contributed by atoms with Crippen LogP contribution in [0.2, 0.25) is 0 Å². The summed E-state index contributed by atoms with van der Waals surface area (Å²) in [6.45, 7) is 2.69. The Morgan fingerprint density at radius 1 is 1.43 bits per heavy atom. The van der Waals surface area contributed by atoms with Crippen LogP contribution in [0.3, 0.4) is 0 Å². The summed E-state index contributed by atoms with van der Waals surface area (Å²) in [5.41, 5.74) is 3.57. The lowest BCUT2D eigenvalue weighted by molar-refractivity contribution is 0.991. The molecule has 0 heterocycles. The predicted octanol–water partition coefficient (Wildman–Crippen LogP) is 2.10. The van der Waals surface area contributed by atoms with Gasteiger partial charge in [-0.1, -0.05) is 28.1 Å². The van der Waals surface area contributed by atoms with Crippen LogP contribution in [0.1, 0.15) is 12.5 Å². The van der Waals surface area contributed by atoms with Crippen molar-refractivity contribution in [3.8, 4) is 0 Å². The number of amidine groups is 1. The first-order valence-electron chi connectivity index (χ1n) is 4.05. The molecule has 14 heavy (non-hydrogen) atoms. The third-order valence-corrected chi connectivity index (χ3v) is 2.10. The Balaban J connectivity index is 0.00000169. The molecule has 0 atom stereocenters. The quantitative estimate of drug-likeness (QED) is 0.377. The monoisotopic (exact) mass is 277 g/mol. The van der Waals surface area contributed by atoms with Crippen molar-refractivity contribution in [1.82, 2.24) is 5.43 Å². The molecule has 0 aromatic heterocycles. The summed E-state index contributed by atoms with van der Waals surface area (Å²) in [7, 11) is 0. The SMILES string of the molecule is CCN=C(NN)c1ccc(Br)cc1.Cl. The zero-order valence-corrected chi connectivity index (χ0v) is 10.2. The number of hydrazine groups is 1. The molecule has 3 nitrogen and oxygen atoms in total. The van der Waals surface area contributed by atoms with Crippen molar-refractivity contribution in [2.24, 2.45) is 10.8 Å². The molecule has 1 aromatic carbocycles. The van der Waals surface area contributed by atoms with Gasteiger partial charge in [-0.15, -0.1) is 12.4 Å². The third-order valence-electron chi connectivity index (χ3n) is 1.57. The van der Waals surface area contributed by atoms with Crippen molar-refractivity contribution in [1.29, 1.82) is 0 Å². The molecule has 0 radical (unpaired) electrons. The highest BCUT2D eigenvalue weighted by molar-refractivity contribution is 9.10. The van der Waals surface area contributed by atoms with Crippen molar-refractivity contribution in [2.45, 2.75) is 6.92 Å². The van der Waals surface area contributed by atoms with Crippen molar-refractivity contribution in [3.63, 3.8) is 0 Å². The summed E-state index contributed by atoms with van der Waals surface area (Å²) in [6.07, 6.45) is 0. The average Bonchev–Trinajstić information content (AvgIpc) is 2.16. The number of nitrogens with one attached hydrogen (secondary N) is 1. The number of benzene rings is 1. The van der Waals surface area contributed by atoms with Gasteiger partial charge in [0, 0.05) is 16.6 Å². The predicted molar refractivity (Wildman–Crippen MR) is 65.8 cm³/mol. The van der Waals surface area contributed by atoms with Crippen LogP contribution in [0.25, 0.3) is 0 Å². The van der Waals surface area contributed by atoms with Gasteiger partial charge in [-0.25, -0.2) is 5.84 Å². The summed E-state index contributed by atoms with van der Waals surface area (Å²) < 4.78 is 1.05. The molecular weight excluding hydrogens is 265 g/mol. The van der Waals surface area contributed by atoms with E-state index in [9.17, 15) is 0 Å². The van der Waals surface area contributed by atoms with Crippen LogP contribution in [0, 0.1) is 0 Å². The van der Waals surface area contributed by atoms with E-state index in [0.29, 0.717) is 0 Å². The van der Waals surface area contributed by atoms with E-state index in [4.69, 9.17) is 5.84 Å². The molecule has 0 aliphatic heterocycles. The molecule has 0 saturated carbocycles. The van der Waals surface area contributed by atoms with Crippen molar-refractivity contribution in [2.75, 3.05) is 6.54 Å². The fourth-order valence-corrected chi connectivity index (χ4v) is 1.25. The molecule has 78 valence electrons. The summed E-state index contributed by atoms with van der Waals surface area (Å²) in [6, 6.07) is 7.83. The molecule has 0 spiro atoms. The Kier molecular flexibility index (Phi) is 6.53. The number of aliphatic imine (C=N–C) groups is 1. The smallest absolute Gasteiger partial charge is 0.142 e.